The number of nitrogen functional groups attached to an aromatic ring is 1. The SMILES string of the molecule is CC(C)(C)C(NC(=O)O)c1ccc(-c2cc3cnn(COCC[Si](C)(C)C)c3cc2N)cn1. The van der Waals surface area contributed by atoms with Gasteiger partial charge in [-0.3, -0.25) is 4.98 Å². The first kappa shape index (κ1) is 24.7. The fourth-order valence-electron chi connectivity index (χ4n) is 3.62. The number of pyridine rings is 1. The second-order valence-corrected chi connectivity index (χ2v) is 16.3. The number of aromatic nitrogens is 3. The molecular weight excluding hydrogens is 434 g/mol. The van der Waals surface area contributed by atoms with Crippen LogP contribution in [0.1, 0.15) is 32.5 Å². The highest BCUT2D eigenvalue weighted by Crippen LogP contribution is 2.34. The van der Waals surface area contributed by atoms with Gasteiger partial charge in [-0.1, -0.05) is 46.5 Å². The Balaban J connectivity index is 1.81. The monoisotopic (exact) mass is 469 g/mol. The van der Waals surface area contributed by atoms with Gasteiger partial charge in [0.2, 0.25) is 0 Å². The first-order chi connectivity index (χ1) is 15.3. The summed E-state index contributed by atoms with van der Waals surface area (Å²) in [4.78, 5) is 15.8. The minimum atomic E-state index is -1.13. The topological polar surface area (TPSA) is 115 Å². The number of carbonyl (C=O) groups is 1. The molecule has 3 aromatic rings. The maximum atomic E-state index is 11.2. The van der Waals surface area contributed by atoms with Crippen molar-refractivity contribution in [2.45, 2.75) is 59.2 Å². The Bertz CT molecular complexity index is 1110. The number of nitrogens with two attached hydrogens (primary N) is 1. The third-order valence-corrected chi connectivity index (χ3v) is 7.25. The zero-order valence-electron chi connectivity index (χ0n) is 20.3. The Morgan fingerprint density at radius 3 is 2.55 bits per heavy atom. The Morgan fingerprint density at radius 1 is 1.24 bits per heavy atom. The lowest BCUT2D eigenvalue weighted by Crippen LogP contribution is -2.36. The van der Waals surface area contributed by atoms with E-state index >= 15 is 0 Å². The lowest BCUT2D eigenvalue weighted by atomic mass is 9.84. The molecule has 4 N–H and O–H groups in total. The summed E-state index contributed by atoms with van der Waals surface area (Å²) < 4.78 is 7.67. The number of fused-ring (bicyclic) bond motifs is 1. The molecule has 0 saturated heterocycles. The third-order valence-electron chi connectivity index (χ3n) is 5.55. The summed E-state index contributed by atoms with van der Waals surface area (Å²) in [6, 6.07) is 8.37. The van der Waals surface area contributed by atoms with Crippen molar-refractivity contribution >= 4 is 30.8 Å². The molecular formula is C24H35N5O3Si. The molecule has 0 saturated carbocycles. The van der Waals surface area contributed by atoms with Gasteiger partial charge < -0.3 is 20.9 Å². The van der Waals surface area contributed by atoms with Crippen LogP contribution in [0.25, 0.3) is 22.0 Å². The van der Waals surface area contributed by atoms with Crippen LogP contribution >= 0.6 is 0 Å². The molecule has 1 amide bonds. The van der Waals surface area contributed by atoms with Gasteiger partial charge in [0, 0.05) is 43.1 Å². The Labute approximate surface area is 196 Å². The van der Waals surface area contributed by atoms with E-state index in [4.69, 9.17) is 10.5 Å². The zero-order valence-corrected chi connectivity index (χ0v) is 21.3. The van der Waals surface area contributed by atoms with Crippen molar-refractivity contribution in [3.05, 3.63) is 42.4 Å². The van der Waals surface area contributed by atoms with Gasteiger partial charge in [0.15, 0.2) is 0 Å². The van der Waals surface area contributed by atoms with E-state index in [9.17, 15) is 9.90 Å². The number of anilines is 1. The minimum absolute atomic E-state index is 0.323. The molecule has 0 aliphatic carbocycles. The van der Waals surface area contributed by atoms with Crippen molar-refractivity contribution < 1.29 is 14.6 Å². The van der Waals surface area contributed by atoms with Gasteiger partial charge in [0.05, 0.1) is 23.4 Å². The van der Waals surface area contributed by atoms with Gasteiger partial charge >= 0.3 is 6.09 Å². The van der Waals surface area contributed by atoms with Crippen molar-refractivity contribution in [3.63, 3.8) is 0 Å². The molecule has 2 heterocycles. The first-order valence-electron chi connectivity index (χ1n) is 11.1. The molecule has 0 fully saturated rings. The first-order valence-corrected chi connectivity index (χ1v) is 14.8. The number of benzene rings is 1. The lowest BCUT2D eigenvalue weighted by Gasteiger charge is -2.30. The summed E-state index contributed by atoms with van der Waals surface area (Å²) in [7, 11) is -1.13. The Kier molecular flexibility index (Phi) is 7.13. The molecule has 0 radical (unpaired) electrons. The molecule has 1 atom stereocenters. The second-order valence-electron chi connectivity index (χ2n) is 10.7. The van der Waals surface area contributed by atoms with Crippen LogP contribution in [0.5, 0.6) is 0 Å². The van der Waals surface area contributed by atoms with Crippen LogP contribution in [0.2, 0.25) is 25.7 Å². The number of hydrogen-bond acceptors (Lipinski definition) is 5. The van der Waals surface area contributed by atoms with E-state index in [-0.39, 0.29) is 5.41 Å². The van der Waals surface area contributed by atoms with Crippen LogP contribution in [0.15, 0.2) is 36.7 Å². The Hall–Kier alpha value is -2.91. The van der Waals surface area contributed by atoms with Crippen molar-refractivity contribution in [2.24, 2.45) is 5.41 Å². The number of hydrogen-bond donors (Lipinski definition) is 3. The summed E-state index contributed by atoms with van der Waals surface area (Å²) in [6.07, 6.45) is 2.48. The quantitative estimate of drug-likeness (QED) is 0.233. The van der Waals surface area contributed by atoms with Gasteiger partial charge in [0.25, 0.3) is 0 Å². The summed E-state index contributed by atoms with van der Waals surface area (Å²) in [5.41, 5.74) is 10.0. The van der Waals surface area contributed by atoms with E-state index in [1.807, 2.05) is 55.9 Å². The zero-order chi connectivity index (χ0) is 24.4. The highest BCUT2D eigenvalue weighted by molar-refractivity contribution is 6.76. The number of nitrogens with zero attached hydrogens (tertiary/aromatic N) is 3. The highest BCUT2D eigenvalue weighted by Gasteiger charge is 2.29. The summed E-state index contributed by atoms with van der Waals surface area (Å²) >= 11 is 0. The van der Waals surface area contributed by atoms with Crippen molar-refractivity contribution in [1.29, 1.82) is 0 Å². The van der Waals surface area contributed by atoms with E-state index in [0.717, 1.165) is 34.7 Å². The smallest absolute Gasteiger partial charge is 0.405 e. The van der Waals surface area contributed by atoms with Crippen LogP contribution in [-0.2, 0) is 11.5 Å². The summed E-state index contributed by atoms with van der Waals surface area (Å²) in [5, 5.41) is 17.2. The predicted molar refractivity (Wildman–Crippen MR) is 135 cm³/mol. The Morgan fingerprint density at radius 2 is 1.97 bits per heavy atom. The van der Waals surface area contributed by atoms with Crippen LogP contribution in [0, 0.1) is 5.41 Å². The second kappa shape index (κ2) is 9.52. The third kappa shape index (κ3) is 6.32. The van der Waals surface area contributed by atoms with E-state index in [0.29, 0.717) is 18.1 Å². The molecule has 33 heavy (non-hydrogen) atoms. The van der Waals surface area contributed by atoms with Gasteiger partial charge in [-0.05, 0) is 29.7 Å². The van der Waals surface area contributed by atoms with Gasteiger partial charge in [-0.15, -0.1) is 0 Å². The maximum Gasteiger partial charge on any atom is 0.405 e. The predicted octanol–water partition coefficient (Wildman–Crippen LogP) is 5.35. The summed E-state index contributed by atoms with van der Waals surface area (Å²) in [5.74, 6) is 0. The van der Waals surface area contributed by atoms with Gasteiger partial charge in [-0.2, -0.15) is 5.10 Å². The standard InChI is InChI=1S/C24H35N5O3Si/c1-24(2,3)22(28-23(30)31)20-8-7-16(13-26-20)18-11-17-14-27-29(21(17)12-19(18)25)15-32-9-10-33(4,5)6/h7-8,11-14,22,28H,9-10,15,25H2,1-6H3,(H,30,31). The number of carboxylic acid groups (broad SMARTS) is 1. The van der Waals surface area contributed by atoms with Crippen LogP contribution in [-0.4, -0.2) is 40.6 Å². The average Bonchev–Trinajstić information content (AvgIpc) is 3.09. The van der Waals surface area contributed by atoms with Gasteiger partial charge in [0.1, 0.15) is 6.73 Å². The normalized spacial score (nSPS) is 13.3. The molecule has 3 rings (SSSR count). The average molecular weight is 470 g/mol. The molecule has 9 heteroatoms. The molecule has 0 aliphatic heterocycles. The molecule has 0 bridgehead atoms. The minimum Gasteiger partial charge on any atom is -0.465 e. The highest BCUT2D eigenvalue weighted by atomic mass is 28.3. The van der Waals surface area contributed by atoms with Crippen molar-refractivity contribution in [1.82, 2.24) is 20.1 Å². The lowest BCUT2D eigenvalue weighted by molar-refractivity contribution is 0.0817. The largest absolute Gasteiger partial charge is 0.465 e. The molecule has 1 unspecified atom stereocenters. The fraction of sp³-hybridized carbons (Fsp3) is 0.458. The van der Waals surface area contributed by atoms with Crippen molar-refractivity contribution in [3.8, 4) is 11.1 Å². The molecule has 0 spiro atoms. The summed E-state index contributed by atoms with van der Waals surface area (Å²) in [6.45, 7) is 14.0. The maximum absolute atomic E-state index is 11.2. The van der Waals surface area contributed by atoms with E-state index in [1.54, 1.807) is 6.20 Å². The molecule has 0 aliphatic rings. The van der Waals surface area contributed by atoms with E-state index in [2.05, 4.69) is 35.0 Å². The van der Waals surface area contributed by atoms with Crippen LogP contribution in [0.4, 0.5) is 10.5 Å². The van der Waals surface area contributed by atoms with E-state index in [1.165, 1.54) is 0 Å². The molecule has 1 aromatic carbocycles. The number of ether oxygens (including phenoxy) is 1. The van der Waals surface area contributed by atoms with Crippen LogP contribution < -0.4 is 11.1 Å². The molecule has 8 nitrogen and oxygen atoms in total. The number of nitrogens with one attached hydrogen (secondary N) is 1. The van der Waals surface area contributed by atoms with Gasteiger partial charge in [-0.25, -0.2) is 9.48 Å². The number of rotatable bonds is 8. The number of amides is 1. The van der Waals surface area contributed by atoms with E-state index < -0.39 is 20.2 Å². The molecule has 2 aromatic heterocycles. The fourth-order valence-corrected chi connectivity index (χ4v) is 4.37. The molecule has 178 valence electrons. The van der Waals surface area contributed by atoms with Crippen molar-refractivity contribution in [2.75, 3.05) is 12.3 Å². The van der Waals surface area contributed by atoms with Crippen LogP contribution in [0.3, 0.4) is 0 Å².